The molecule has 0 saturated heterocycles. The highest BCUT2D eigenvalue weighted by Crippen LogP contribution is 2.42. The van der Waals surface area contributed by atoms with E-state index in [4.69, 9.17) is 4.98 Å². The van der Waals surface area contributed by atoms with Gasteiger partial charge in [-0.05, 0) is 45.2 Å². The molecule has 4 rings (SSSR count). The maximum absolute atomic E-state index is 11.2. The molecule has 1 unspecified atom stereocenters. The number of hydrogen-bond acceptors (Lipinski definition) is 2. The highest BCUT2D eigenvalue weighted by atomic mass is 16.3. The molecule has 0 aliphatic rings. The first-order valence-corrected chi connectivity index (χ1v) is 11.8. The molecule has 0 amide bonds. The van der Waals surface area contributed by atoms with Crippen LogP contribution in [0.5, 0.6) is 5.75 Å². The summed E-state index contributed by atoms with van der Waals surface area (Å²) in [6, 6.07) is 27.7. The molecular weight excluding hydrogens is 402 g/mol. The molecule has 2 heteroatoms. The molecule has 2 nitrogen and oxygen atoms in total. The number of benzene rings is 3. The number of rotatable bonds is 4. The average molecular weight is 438 g/mol. The number of phenols is 1. The maximum atomic E-state index is 11.2. The maximum Gasteiger partial charge on any atom is 0.123 e. The Bertz CT molecular complexity index is 1220. The summed E-state index contributed by atoms with van der Waals surface area (Å²) < 4.78 is 0. The highest BCUT2D eigenvalue weighted by molar-refractivity contribution is 5.78. The van der Waals surface area contributed by atoms with Gasteiger partial charge in [-0.25, -0.2) is 0 Å². The topological polar surface area (TPSA) is 33.1 Å². The summed E-state index contributed by atoms with van der Waals surface area (Å²) in [7, 11) is 0. The Hall–Kier alpha value is -3.13. The van der Waals surface area contributed by atoms with Crippen molar-refractivity contribution in [3.63, 3.8) is 0 Å². The van der Waals surface area contributed by atoms with Gasteiger partial charge in [0.15, 0.2) is 0 Å². The molecule has 4 aromatic rings. The zero-order valence-electron chi connectivity index (χ0n) is 20.7. The third-order valence-electron chi connectivity index (χ3n) is 6.42. The molecular formula is C31H35NO. The fourth-order valence-electron chi connectivity index (χ4n) is 4.55. The molecule has 33 heavy (non-hydrogen) atoms. The summed E-state index contributed by atoms with van der Waals surface area (Å²) in [5.41, 5.74) is 6.25. The number of aromatic nitrogens is 1. The van der Waals surface area contributed by atoms with Crippen LogP contribution in [0.1, 0.15) is 75.4 Å². The zero-order valence-corrected chi connectivity index (χ0v) is 20.7. The lowest BCUT2D eigenvalue weighted by Gasteiger charge is -2.30. The molecule has 0 aliphatic carbocycles. The van der Waals surface area contributed by atoms with E-state index < -0.39 is 0 Å². The van der Waals surface area contributed by atoms with E-state index in [1.165, 1.54) is 11.1 Å². The van der Waals surface area contributed by atoms with Crippen LogP contribution in [-0.2, 0) is 17.3 Å². The van der Waals surface area contributed by atoms with E-state index >= 15 is 0 Å². The predicted octanol–water partition coefficient (Wildman–Crippen LogP) is 7.91. The van der Waals surface area contributed by atoms with Gasteiger partial charge in [0.25, 0.3) is 0 Å². The van der Waals surface area contributed by atoms with Gasteiger partial charge >= 0.3 is 0 Å². The van der Waals surface area contributed by atoms with Crippen molar-refractivity contribution in [3.8, 4) is 5.75 Å². The van der Waals surface area contributed by atoms with Crippen LogP contribution in [0.15, 0.2) is 78.9 Å². The fraction of sp³-hybridized carbons (Fsp3) is 0.323. The average Bonchev–Trinajstić information content (AvgIpc) is 2.76. The largest absolute Gasteiger partial charge is 0.507 e. The SMILES string of the molecule is CC(C)(C)c1cc(C(Cc2ccc3ccccc3n2)c2ccccc2)cc(C(C)(C)C)c1O. The summed E-state index contributed by atoms with van der Waals surface area (Å²) in [6.45, 7) is 13.0. The Morgan fingerprint density at radius 1 is 0.697 bits per heavy atom. The van der Waals surface area contributed by atoms with Gasteiger partial charge in [0, 0.05) is 23.4 Å². The number of phenolic OH excluding ortho intramolecular Hbond substituents is 1. The Kier molecular flexibility index (Phi) is 6.05. The van der Waals surface area contributed by atoms with Crippen molar-refractivity contribution in [1.82, 2.24) is 4.98 Å². The summed E-state index contributed by atoms with van der Waals surface area (Å²) in [6.07, 6.45) is 0.798. The van der Waals surface area contributed by atoms with Crippen LogP contribution in [0.2, 0.25) is 0 Å². The third-order valence-corrected chi connectivity index (χ3v) is 6.42. The van der Waals surface area contributed by atoms with Crippen LogP contribution in [0, 0.1) is 0 Å². The summed E-state index contributed by atoms with van der Waals surface area (Å²) in [5, 5.41) is 12.4. The van der Waals surface area contributed by atoms with Gasteiger partial charge in [-0.3, -0.25) is 4.98 Å². The van der Waals surface area contributed by atoms with Crippen LogP contribution < -0.4 is 0 Å². The minimum atomic E-state index is -0.164. The molecule has 1 atom stereocenters. The van der Waals surface area contributed by atoms with E-state index in [9.17, 15) is 5.11 Å². The van der Waals surface area contributed by atoms with Crippen LogP contribution in [-0.4, -0.2) is 10.1 Å². The second kappa shape index (κ2) is 8.67. The van der Waals surface area contributed by atoms with Gasteiger partial charge in [-0.15, -0.1) is 0 Å². The van der Waals surface area contributed by atoms with Crippen molar-refractivity contribution in [2.45, 2.75) is 64.7 Å². The lowest BCUT2D eigenvalue weighted by molar-refractivity contribution is 0.422. The monoisotopic (exact) mass is 437 g/mol. The van der Waals surface area contributed by atoms with E-state index in [-0.39, 0.29) is 16.7 Å². The first-order chi connectivity index (χ1) is 15.5. The molecule has 0 saturated carbocycles. The third kappa shape index (κ3) is 4.95. The molecule has 1 aromatic heterocycles. The summed E-state index contributed by atoms with van der Waals surface area (Å²) in [5.74, 6) is 0.567. The van der Waals surface area contributed by atoms with E-state index in [2.05, 4.69) is 114 Å². The molecule has 0 spiro atoms. The van der Waals surface area contributed by atoms with Crippen LogP contribution in [0.25, 0.3) is 10.9 Å². The molecule has 0 radical (unpaired) electrons. The molecule has 3 aromatic carbocycles. The van der Waals surface area contributed by atoms with E-state index in [0.717, 1.165) is 34.1 Å². The zero-order chi connectivity index (χ0) is 23.8. The molecule has 0 bridgehead atoms. The van der Waals surface area contributed by atoms with E-state index in [1.54, 1.807) is 0 Å². The number of hydrogen-bond donors (Lipinski definition) is 1. The van der Waals surface area contributed by atoms with Crippen LogP contribution in [0.4, 0.5) is 0 Å². The minimum absolute atomic E-state index is 0.141. The quantitative estimate of drug-likeness (QED) is 0.352. The van der Waals surface area contributed by atoms with Gasteiger partial charge in [0.2, 0.25) is 0 Å². The Morgan fingerprint density at radius 3 is 1.88 bits per heavy atom. The highest BCUT2D eigenvalue weighted by Gasteiger charge is 2.28. The molecule has 0 fully saturated rings. The molecule has 0 aliphatic heterocycles. The molecule has 1 heterocycles. The van der Waals surface area contributed by atoms with Gasteiger partial charge in [-0.2, -0.15) is 0 Å². The summed E-state index contributed by atoms with van der Waals surface area (Å²) in [4.78, 5) is 4.98. The Morgan fingerprint density at radius 2 is 1.27 bits per heavy atom. The number of aromatic hydroxyl groups is 1. The second-order valence-electron chi connectivity index (χ2n) is 11.1. The molecule has 170 valence electrons. The van der Waals surface area contributed by atoms with Crippen LogP contribution >= 0.6 is 0 Å². The van der Waals surface area contributed by atoms with Crippen molar-refractivity contribution < 1.29 is 5.11 Å². The number of fused-ring (bicyclic) bond motifs is 1. The van der Waals surface area contributed by atoms with Crippen molar-refractivity contribution in [1.29, 1.82) is 0 Å². The Balaban J connectivity index is 1.89. The second-order valence-corrected chi connectivity index (χ2v) is 11.1. The standard InChI is InChI=1S/C31H35NO/c1-30(2,3)26-18-23(19-27(29(26)33)31(4,5)6)25(21-12-8-7-9-13-21)20-24-17-16-22-14-10-11-15-28(22)32-24/h7-19,25,33H,20H2,1-6H3. The first-order valence-electron chi connectivity index (χ1n) is 11.8. The number of nitrogens with zero attached hydrogens (tertiary/aromatic N) is 1. The lowest BCUT2D eigenvalue weighted by atomic mass is 9.75. The van der Waals surface area contributed by atoms with Crippen molar-refractivity contribution >= 4 is 10.9 Å². The smallest absolute Gasteiger partial charge is 0.123 e. The minimum Gasteiger partial charge on any atom is -0.507 e. The van der Waals surface area contributed by atoms with Gasteiger partial charge in [0.05, 0.1) is 5.52 Å². The van der Waals surface area contributed by atoms with Crippen molar-refractivity contribution in [2.24, 2.45) is 0 Å². The number of pyridine rings is 1. The lowest BCUT2D eigenvalue weighted by Crippen LogP contribution is -2.19. The first kappa shape index (κ1) is 23.0. The fourth-order valence-corrected chi connectivity index (χ4v) is 4.55. The van der Waals surface area contributed by atoms with Crippen molar-refractivity contribution in [3.05, 3.63) is 107 Å². The van der Waals surface area contributed by atoms with Gasteiger partial charge < -0.3 is 5.11 Å². The van der Waals surface area contributed by atoms with Gasteiger partial charge in [0.1, 0.15) is 5.75 Å². The van der Waals surface area contributed by atoms with Gasteiger partial charge in [-0.1, -0.05) is 108 Å². The van der Waals surface area contributed by atoms with E-state index in [1.807, 2.05) is 6.07 Å². The van der Waals surface area contributed by atoms with Crippen LogP contribution in [0.3, 0.4) is 0 Å². The predicted molar refractivity (Wildman–Crippen MR) is 139 cm³/mol. The van der Waals surface area contributed by atoms with Crippen molar-refractivity contribution in [2.75, 3.05) is 0 Å². The summed E-state index contributed by atoms with van der Waals surface area (Å²) >= 11 is 0. The molecule has 1 N–H and O–H groups in total. The normalized spacial score (nSPS) is 13.3. The number of para-hydroxylation sites is 1. The Labute approximate surface area is 198 Å². The van der Waals surface area contributed by atoms with E-state index in [0.29, 0.717) is 5.75 Å².